The molecular formula is C34H40N4O8. The van der Waals surface area contributed by atoms with Gasteiger partial charge in [-0.15, -0.1) is 0 Å². The van der Waals surface area contributed by atoms with Crippen molar-refractivity contribution < 1.29 is 38.1 Å². The number of aryl methyl sites for hydroxylation is 2. The second kappa shape index (κ2) is 13.8. The fraction of sp³-hybridized carbons (Fsp3) is 0.500. The molecule has 0 aliphatic carbocycles. The first-order valence-electron chi connectivity index (χ1n) is 16.2. The van der Waals surface area contributed by atoms with Gasteiger partial charge in [0.15, 0.2) is 6.04 Å². The first-order valence-corrected chi connectivity index (χ1v) is 16.2. The van der Waals surface area contributed by atoms with Crippen LogP contribution >= 0.6 is 0 Å². The summed E-state index contributed by atoms with van der Waals surface area (Å²) in [7, 11) is 0. The molecule has 46 heavy (non-hydrogen) atoms. The highest BCUT2D eigenvalue weighted by Crippen LogP contribution is 2.36. The van der Waals surface area contributed by atoms with Crippen molar-refractivity contribution in [1.29, 1.82) is 0 Å². The summed E-state index contributed by atoms with van der Waals surface area (Å²) in [6, 6.07) is 10.2. The molecule has 2 aromatic carbocycles. The Morgan fingerprint density at radius 3 is 2.07 bits per heavy atom. The van der Waals surface area contributed by atoms with Gasteiger partial charge in [0.2, 0.25) is 17.7 Å². The van der Waals surface area contributed by atoms with Crippen molar-refractivity contribution in [2.75, 3.05) is 26.4 Å². The number of rotatable bonds is 13. The number of carbonyl (C=O) groups excluding carboxylic acids is 5. The van der Waals surface area contributed by atoms with E-state index in [1.807, 2.05) is 30.3 Å². The minimum Gasteiger partial charge on any atom is -0.632 e. The summed E-state index contributed by atoms with van der Waals surface area (Å²) in [6.07, 6.45) is 4.15. The molecule has 244 valence electrons. The van der Waals surface area contributed by atoms with Crippen LogP contribution in [0.2, 0.25) is 0 Å². The minimum absolute atomic E-state index is 0.165. The molecule has 4 aliphatic heterocycles. The first-order chi connectivity index (χ1) is 22.2. The van der Waals surface area contributed by atoms with Crippen molar-refractivity contribution in [3.63, 3.8) is 0 Å². The highest BCUT2D eigenvalue weighted by atomic mass is 16.6. The van der Waals surface area contributed by atoms with Crippen LogP contribution in [0.1, 0.15) is 76.7 Å². The molecule has 12 nitrogen and oxygen atoms in total. The number of nitrogens with one attached hydrogen (secondary N) is 2. The maximum absolute atomic E-state index is 13.6. The standard InChI is InChI=1S/C34H40N4O8/c39-30-13-11-28(32(41)35-30)37-19-26-22(6-2-10-25(26)34(37)43)8-3-15-45-17-18-46-16-4-9-23-5-1-7-24-20-38(44,21-27(23)24)29-12-14-31(40)36-33(29)42/h1-2,5-7,10,28-29H,3-4,8-9,11-21H2,(H,35,39,41)(H,36,40,42)/t28-,29-,38?/m0/s1. The van der Waals surface area contributed by atoms with Gasteiger partial charge >= 0.3 is 0 Å². The van der Waals surface area contributed by atoms with Gasteiger partial charge in [0.25, 0.3) is 11.8 Å². The highest BCUT2D eigenvalue weighted by molar-refractivity contribution is 6.05. The summed E-state index contributed by atoms with van der Waals surface area (Å²) < 4.78 is 10.9. The Bertz CT molecular complexity index is 1540. The molecule has 3 atom stereocenters. The number of hydrogen-bond acceptors (Lipinski definition) is 8. The molecule has 0 spiro atoms. The van der Waals surface area contributed by atoms with Crippen molar-refractivity contribution in [2.24, 2.45) is 0 Å². The van der Waals surface area contributed by atoms with E-state index in [0.717, 1.165) is 53.5 Å². The molecule has 2 N–H and O–H groups in total. The second-order valence-corrected chi connectivity index (χ2v) is 12.6. The smallest absolute Gasteiger partial charge is 0.285 e. The normalized spacial score (nSPS) is 24.2. The van der Waals surface area contributed by atoms with Gasteiger partial charge in [0.1, 0.15) is 19.1 Å². The predicted octanol–water partition coefficient (Wildman–Crippen LogP) is 2.18. The van der Waals surface area contributed by atoms with Crippen molar-refractivity contribution in [1.82, 2.24) is 15.5 Å². The molecule has 4 aliphatic rings. The predicted molar refractivity (Wildman–Crippen MR) is 164 cm³/mol. The van der Waals surface area contributed by atoms with E-state index in [1.165, 1.54) is 0 Å². The van der Waals surface area contributed by atoms with Crippen LogP contribution in [0, 0.1) is 5.21 Å². The SMILES string of the molecule is O=C1CC[C@H](N2Cc3c(CCCOCCOCCCc4cccc5c4C[N+]([O-])([C@H]4CCC(=O)NC4=O)C5)cccc3C2=O)C(=O)N1. The highest BCUT2D eigenvalue weighted by Gasteiger charge is 2.43. The lowest BCUT2D eigenvalue weighted by Crippen LogP contribution is -2.58. The number of carbonyl (C=O) groups is 5. The van der Waals surface area contributed by atoms with E-state index in [4.69, 9.17) is 9.47 Å². The minimum atomic E-state index is -0.755. The molecule has 2 fully saturated rings. The molecule has 12 heteroatoms. The Morgan fingerprint density at radius 2 is 1.39 bits per heavy atom. The largest absolute Gasteiger partial charge is 0.632 e. The zero-order valence-electron chi connectivity index (χ0n) is 25.9. The van der Waals surface area contributed by atoms with Crippen molar-refractivity contribution in [3.05, 3.63) is 75.0 Å². The number of fused-ring (bicyclic) bond motifs is 2. The van der Waals surface area contributed by atoms with Gasteiger partial charge in [-0.2, -0.15) is 0 Å². The molecule has 0 bridgehead atoms. The average molecular weight is 633 g/mol. The van der Waals surface area contributed by atoms with E-state index >= 15 is 0 Å². The van der Waals surface area contributed by atoms with E-state index in [1.54, 1.807) is 11.0 Å². The molecule has 0 radical (unpaired) electrons. The van der Waals surface area contributed by atoms with Gasteiger partial charge in [-0.3, -0.25) is 34.6 Å². The van der Waals surface area contributed by atoms with Gasteiger partial charge in [0.05, 0.1) is 13.2 Å². The number of amides is 5. The zero-order chi connectivity index (χ0) is 32.3. The van der Waals surface area contributed by atoms with E-state index in [-0.39, 0.29) is 50.1 Å². The zero-order valence-corrected chi connectivity index (χ0v) is 25.9. The van der Waals surface area contributed by atoms with Crippen molar-refractivity contribution in [3.8, 4) is 0 Å². The van der Waals surface area contributed by atoms with Crippen LogP contribution in [0.25, 0.3) is 0 Å². The number of imide groups is 2. The molecule has 2 aromatic rings. The van der Waals surface area contributed by atoms with Gasteiger partial charge in [-0.1, -0.05) is 30.3 Å². The molecule has 0 saturated carbocycles. The lowest BCUT2D eigenvalue weighted by molar-refractivity contribution is -0.916. The Kier molecular flexibility index (Phi) is 9.60. The third kappa shape index (κ3) is 6.75. The number of benzene rings is 2. The van der Waals surface area contributed by atoms with Crippen LogP contribution in [0.3, 0.4) is 0 Å². The Balaban J connectivity index is 0.880. The van der Waals surface area contributed by atoms with Crippen LogP contribution < -0.4 is 10.6 Å². The quantitative estimate of drug-likeness (QED) is 0.147. The molecule has 5 amide bonds. The maximum atomic E-state index is 13.6. The van der Waals surface area contributed by atoms with Crippen LogP contribution in [-0.2, 0) is 61.1 Å². The average Bonchev–Trinajstić information content (AvgIpc) is 3.55. The fourth-order valence-electron chi connectivity index (χ4n) is 7.17. The Hall–Kier alpha value is -3.97. The van der Waals surface area contributed by atoms with E-state index in [0.29, 0.717) is 45.0 Å². The fourth-order valence-corrected chi connectivity index (χ4v) is 7.17. The number of quaternary nitrogens is 1. The van der Waals surface area contributed by atoms with Gasteiger partial charge in [-0.25, -0.2) is 0 Å². The monoisotopic (exact) mass is 632 g/mol. The molecule has 4 heterocycles. The number of hydroxylamine groups is 3. The molecule has 1 unspecified atom stereocenters. The molecular weight excluding hydrogens is 592 g/mol. The lowest BCUT2D eigenvalue weighted by atomic mass is 10.00. The number of piperidine rings is 2. The third-order valence-electron chi connectivity index (χ3n) is 9.53. The topological polar surface area (TPSA) is 154 Å². The van der Waals surface area contributed by atoms with E-state index < -0.39 is 28.5 Å². The van der Waals surface area contributed by atoms with E-state index in [9.17, 15) is 29.2 Å². The Morgan fingerprint density at radius 1 is 0.761 bits per heavy atom. The lowest BCUT2D eigenvalue weighted by Gasteiger charge is -2.45. The molecule has 2 saturated heterocycles. The van der Waals surface area contributed by atoms with Crippen molar-refractivity contribution >= 4 is 29.5 Å². The number of nitrogens with zero attached hydrogens (tertiary/aromatic N) is 2. The van der Waals surface area contributed by atoms with Crippen LogP contribution in [0.5, 0.6) is 0 Å². The summed E-state index contributed by atoms with van der Waals surface area (Å²) in [4.78, 5) is 62.4. The molecule has 6 rings (SSSR count). The summed E-state index contributed by atoms with van der Waals surface area (Å²) in [5, 5.41) is 18.3. The van der Waals surface area contributed by atoms with Crippen molar-refractivity contribution in [2.45, 2.75) is 83.1 Å². The van der Waals surface area contributed by atoms with Gasteiger partial charge < -0.3 is 24.2 Å². The first kappa shape index (κ1) is 32.0. The third-order valence-corrected chi connectivity index (χ3v) is 9.53. The van der Waals surface area contributed by atoms with Gasteiger partial charge in [-0.05, 0) is 54.9 Å². The summed E-state index contributed by atoms with van der Waals surface area (Å²) in [6.45, 7) is 2.91. The Labute approximate surface area is 267 Å². The molecule has 0 aromatic heterocycles. The maximum Gasteiger partial charge on any atom is 0.285 e. The van der Waals surface area contributed by atoms with Gasteiger partial charge in [0, 0.05) is 55.7 Å². The summed E-state index contributed by atoms with van der Waals surface area (Å²) in [5.74, 6) is -1.65. The number of ether oxygens (including phenoxy) is 2. The second-order valence-electron chi connectivity index (χ2n) is 12.6. The van der Waals surface area contributed by atoms with Crippen LogP contribution in [-0.4, -0.2) is 77.6 Å². The van der Waals surface area contributed by atoms with Crippen LogP contribution in [0.4, 0.5) is 0 Å². The summed E-state index contributed by atoms with van der Waals surface area (Å²) >= 11 is 0. The summed E-state index contributed by atoms with van der Waals surface area (Å²) in [5.41, 5.74) is 5.74. The van der Waals surface area contributed by atoms with Crippen LogP contribution in [0.15, 0.2) is 36.4 Å². The van der Waals surface area contributed by atoms with E-state index in [2.05, 4.69) is 10.6 Å². The number of hydrogen-bond donors (Lipinski definition) is 2.